The first-order chi connectivity index (χ1) is 12.2. The lowest BCUT2D eigenvalue weighted by atomic mass is 10.2. The van der Waals surface area contributed by atoms with Crippen molar-refractivity contribution in [2.45, 2.75) is 0 Å². The molecule has 0 bridgehead atoms. The van der Waals surface area contributed by atoms with Crippen LogP contribution in [0.2, 0.25) is 0 Å². The molecule has 25 heavy (non-hydrogen) atoms. The largest absolute Gasteiger partial charge is 0.291 e. The molecule has 0 radical (unpaired) electrons. The van der Waals surface area contributed by atoms with E-state index in [-0.39, 0.29) is 5.56 Å². The SMILES string of the molecule is O=c1/c(=C\C=C\c2ccccc2)sc2nc(-c3ccc(Br)cc3)nn12. The van der Waals surface area contributed by atoms with Gasteiger partial charge in [0.1, 0.15) is 0 Å². The predicted molar refractivity (Wildman–Crippen MR) is 105 cm³/mol. The van der Waals surface area contributed by atoms with Crippen LogP contribution in [0, 0.1) is 0 Å². The summed E-state index contributed by atoms with van der Waals surface area (Å²) in [6.07, 6.45) is 5.63. The number of aromatic nitrogens is 3. The van der Waals surface area contributed by atoms with Crippen molar-refractivity contribution in [1.29, 1.82) is 0 Å². The molecule has 122 valence electrons. The second kappa shape index (κ2) is 6.74. The van der Waals surface area contributed by atoms with E-state index in [0.29, 0.717) is 15.3 Å². The highest BCUT2D eigenvalue weighted by Gasteiger charge is 2.11. The van der Waals surface area contributed by atoms with E-state index in [9.17, 15) is 4.79 Å². The third kappa shape index (κ3) is 3.31. The molecule has 6 heteroatoms. The molecular weight excluding hydrogens is 398 g/mol. The fourth-order valence-corrected chi connectivity index (χ4v) is 3.50. The van der Waals surface area contributed by atoms with Gasteiger partial charge in [-0.25, -0.2) is 0 Å². The van der Waals surface area contributed by atoms with Crippen LogP contribution in [-0.2, 0) is 0 Å². The van der Waals surface area contributed by atoms with Crippen LogP contribution in [0.1, 0.15) is 5.56 Å². The van der Waals surface area contributed by atoms with Crippen LogP contribution < -0.4 is 10.1 Å². The fraction of sp³-hybridized carbons (Fsp3) is 0. The molecule has 2 aromatic heterocycles. The van der Waals surface area contributed by atoms with Crippen LogP contribution >= 0.6 is 27.3 Å². The standard InChI is InChI=1S/C19H12BrN3OS/c20-15-11-9-14(10-12-15)17-21-19-23(22-17)18(24)16(25-19)8-4-7-13-5-2-1-3-6-13/h1-12H/b7-4+,16-8+. The van der Waals surface area contributed by atoms with Crippen LogP contribution in [0.4, 0.5) is 0 Å². The number of fused-ring (bicyclic) bond motifs is 1. The van der Waals surface area contributed by atoms with Gasteiger partial charge in [0.2, 0.25) is 4.96 Å². The maximum absolute atomic E-state index is 12.5. The second-order valence-corrected chi connectivity index (χ2v) is 7.27. The summed E-state index contributed by atoms with van der Waals surface area (Å²) >= 11 is 4.74. The Bertz CT molecular complexity index is 1160. The molecule has 2 heterocycles. The topological polar surface area (TPSA) is 47.3 Å². The van der Waals surface area contributed by atoms with Crippen molar-refractivity contribution in [3.63, 3.8) is 0 Å². The van der Waals surface area contributed by atoms with Gasteiger partial charge in [0, 0.05) is 10.0 Å². The molecule has 4 rings (SSSR count). The van der Waals surface area contributed by atoms with Gasteiger partial charge in [-0.05, 0) is 23.8 Å². The summed E-state index contributed by atoms with van der Waals surface area (Å²) in [6.45, 7) is 0. The van der Waals surface area contributed by atoms with Crippen molar-refractivity contribution in [3.05, 3.63) is 85.6 Å². The Hall–Kier alpha value is -2.57. The molecule has 4 aromatic rings. The lowest BCUT2D eigenvalue weighted by molar-refractivity contribution is 0.937. The summed E-state index contributed by atoms with van der Waals surface area (Å²) < 4.78 is 2.97. The molecule has 0 N–H and O–H groups in total. The second-order valence-electron chi connectivity index (χ2n) is 5.34. The van der Waals surface area contributed by atoms with E-state index in [1.807, 2.05) is 66.7 Å². The number of hydrogen-bond donors (Lipinski definition) is 0. The maximum atomic E-state index is 12.5. The molecule has 0 unspecified atom stereocenters. The van der Waals surface area contributed by atoms with Crippen LogP contribution in [-0.4, -0.2) is 14.6 Å². The minimum Gasteiger partial charge on any atom is -0.266 e. The Morgan fingerprint density at radius 2 is 1.80 bits per heavy atom. The van der Waals surface area contributed by atoms with Crippen LogP contribution in [0.15, 0.2) is 69.9 Å². The summed E-state index contributed by atoms with van der Waals surface area (Å²) in [5, 5.41) is 4.34. The third-order valence-corrected chi connectivity index (χ3v) is 5.13. The summed E-state index contributed by atoms with van der Waals surface area (Å²) in [5.41, 5.74) is 1.82. The number of hydrogen-bond acceptors (Lipinski definition) is 4. The van der Waals surface area contributed by atoms with Crippen molar-refractivity contribution >= 4 is 44.4 Å². The molecular formula is C19H12BrN3OS. The molecule has 0 aliphatic rings. The normalized spacial score (nSPS) is 12.4. The van der Waals surface area contributed by atoms with E-state index in [4.69, 9.17) is 0 Å². The summed E-state index contributed by atoms with van der Waals surface area (Å²) in [6, 6.07) is 17.6. The highest BCUT2D eigenvalue weighted by molar-refractivity contribution is 9.10. The highest BCUT2D eigenvalue weighted by Crippen LogP contribution is 2.19. The number of halogens is 1. The Kier molecular flexibility index (Phi) is 4.29. The molecule has 0 saturated carbocycles. The molecule has 0 aliphatic carbocycles. The highest BCUT2D eigenvalue weighted by atomic mass is 79.9. The number of nitrogens with zero attached hydrogens (tertiary/aromatic N) is 3. The van der Waals surface area contributed by atoms with Crippen molar-refractivity contribution in [3.8, 4) is 11.4 Å². The van der Waals surface area contributed by atoms with Crippen molar-refractivity contribution < 1.29 is 0 Å². The molecule has 4 nitrogen and oxygen atoms in total. The molecule has 0 amide bonds. The first kappa shape index (κ1) is 15.9. The van der Waals surface area contributed by atoms with E-state index >= 15 is 0 Å². The Labute approximate surface area is 155 Å². The van der Waals surface area contributed by atoms with E-state index in [2.05, 4.69) is 26.0 Å². The Morgan fingerprint density at radius 1 is 1.04 bits per heavy atom. The predicted octanol–water partition coefficient (Wildman–Crippen LogP) is 3.79. The van der Waals surface area contributed by atoms with E-state index < -0.39 is 0 Å². The third-order valence-electron chi connectivity index (χ3n) is 3.62. The number of rotatable bonds is 3. The van der Waals surface area contributed by atoms with Gasteiger partial charge in [-0.15, -0.1) is 5.10 Å². The smallest absolute Gasteiger partial charge is 0.266 e. The maximum Gasteiger partial charge on any atom is 0.291 e. The van der Waals surface area contributed by atoms with Gasteiger partial charge in [0.05, 0.1) is 4.53 Å². The van der Waals surface area contributed by atoms with Gasteiger partial charge in [-0.1, -0.05) is 81.9 Å². The Morgan fingerprint density at radius 3 is 2.52 bits per heavy atom. The lowest BCUT2D eigenvalue weighted by Crippen LogP contribution is -2.23. The average Bonchev–Trinajstić information content (AvgIpc) is 3.17. The van der Waals surface area contributed by atoms with Gasteiger partial charge in [0.25, 0.3) is 5.56 Å². The van der Waals surface area contributed by atoms with Crippen LogP contribution in [0.3, 0.4) is 0 Å². The van der Waals surface area contributed by atoms with Crippen LogP contribution in [0.25, 0.3) is 28.5 Å². The fourth-order valence-electron chi connectivity index (χ4n) is 2.38. The zero-order valence-electron chi connectivity index (χ0n) is 13.0. The van der Waals surface area contributed by atoms with Crippen LogP contribution in [0.5, 0.6) is 0 Å². The van der Waals surface area contributed by atoms with Crippen molar-refractivity contribution in [1.82, 2.24) is 14.6 Å². The average molecular weight is 410 g/mol. The lowest BCUT2D eigenvalue weighted by Gasteiger charge is -1.94. The number of thiazole rings is 1. The quantitative estimate of drug-likeness (QED) is 0.516. The molecule has 0 atom stereocenters. The zero-order chi connectivity index (χ0) is 17.2. The molecule has 0 fully saturated rings. The minimum atomic E-state index is -0.145. The summed E-state index contributed by atoms with van der Waals surface area (Å²) in [7, 11) is 0. The monoisotopic (exact) mass is 409 g/mol. The first-order valence-corrected chi connectivity index (χ1v) is 9.20. The van der Waals surface area contributed by atoms with Gasteiger partial charge >= 0.3 is 0 Å². The van der Waals surface area contributed by atoms with Gasteiger partial charge in [-0.2, -0.15) is 9.50 Å². The number of benzene rings is 2. The zero-order valence-corrected chi connectivity index (χ0v) is 15.4. The molecule has 0 spiro atoms. The van der Waals surface area contributed by atoms with Crippen molar-refractivity contribution in [2.24, 2.45) is 0 Å². The minimum absolute atomic E-state index is 0.145. The number of allylic oxidation sites excluding steroid dienone is 1. The molecule has 0 aliphatic heterocycles. The summed E-state index contributed by atoms with van der Waals surface area (Å²) in [4.78, 5) is 17.5. The van der Waals surface area contributed by atoms with Gasteiger partial charge in [0.15, 0.2) is 5.82 Å². The Balaban J connectivity index is 1.68. The van der Waals surface area contributed by atoms with Gasteiger partial charge < -0.3 is 0 Å². The van der Waals surface area contributed by atoms with E-state index in [1.165, 1.54) is 15.9 Å². The van der Waals surface area contributed by atoms with E-state index in [0.717, 1.165) is 15.6 Å². The molecule has 2 aromatic carbocycles. The first-order valence-electron chi connectivity index (χ1n) is 7.60. The van der Waals surface area contributed by atoms with Gasteiger partial charge in [-0.3, -0.25) is 4.79 Å². The van der Waals surface area contributed by atoms with E-state index in [1.54, 1.807) is 6.08 Å². The summed E-state index contributed by atoms with van der Waals surface area (Å²) in [5.74, 6) is 0.558. The van der Waals surface area contributed by atoms with Crippen molar-refractivity contribution in [2.75, 3.05) is 0 Å². The molecule has 0 saturated heterocycles.